The summed E-state index contributed by atoms with van der Waals surface area (Å²) in [6.07, 6.45) is 0. The third-order valence-corrected chi connectivity index (χ3v) is 6.75. The number of hydrogen-bond acceptors (Lipinski definition) is 7. The molecule has 2 rings (SSSR count). The second-order valence-corrected chi connectivity index (χ2v) is 7.80. The number of H-pyrrole nitrogens is 1. The van der Waals surface area contributed by atoms with Gasteiger partial charge in [0.25, 0.3) is 10.0 Å². The summed E-state index contributed by atoms with van der Waals surface area (Å²) in [6.45, 7) is 3.19. The Labute approximate surface area is 126 Å². The number of nitrogens with zero attached hydrogens (tertiary/aromatic N) is 2. The summed E-state index contributed by atoms with van der Waals surface area (Å²) in [5, 5.41) is 0. The third-order valence-electron chi connectivity index (χ3n) is 3.27. The number of piperazine rings is 1. The molecule has 1 N–H and O–H groups in total. The number of nitrogens with one attached hydrogen (secondary N) is 1. The molecule has 2 heterocycles. The number of aryl methyl sites for hydroxylation is 1. The van der Waals surface area contributed by atoms with Crippen LogP contribution < -0.4 is 4.87 Å². The quantitative estimate of drug-likeness (QED) is 0.725. The van der Waals surface area contributed by atoms with Gasteiger partial charge in [-0.05, 0) is 6.92 Å². The van der Waals surface area contributed by atoms with Crippen molar-refractivity contribution in [2.75, 3.05) is 39.8 Å². The molecule has 21 heavy (non-hydrogen) atoms. The van der Waals surface area contributed by atoms with E-state index in [0.29, 0.717) is 30.1 Å². The first-order valence-corrected chi connectivity index (χ1v) is 8.59. The van der Waals surface area contributed by atoms with Crippen molar-refractivity contribution in [1.82, 2.24) is 14.2 Å². The van der Waals surface area contributed by atoms with Gasteiger partial charge in [0, 0.05) is 31.9 Å². The van der Waals surface area contributed by atoms with Crippen molar-refractivity contribution < 1.29 is 17.9 Å². The highest BCUT2D eigenvalue weighted by atomic mass is 32.2. The summed E-state index contributed by atoms with van der Waals surface area (Å²) >= 11 is 0.702. The molecule has 1 aliphatic heterocycles. The molecule has 0 unspecified atom stereocenters. The number of rotatable bonds is 4. The van der Waals surface area contributed by atoms with Gasteiger partial charge in [0.2, 0.25) is 0 Å². The van der Waals surface area contributed by atoms with E-state index in [4.69, 9.17) is 0 Å². The molecule has 1 aromatic heterocycles. The van der Waals surface area contributed by atoms with Crippen molar-refractivity contribution in [1.29, 1.82) is 0 Å². The Hall–Kier alpha value is -1.23. The topological polar surface area (TPSA) is 99.8 Å². The minimum atomic E-state index is -3.65. The number of esters is 1. The second-order valence-electron chi connectivity index (χ2n) is 4.68. The summed E-state index contributed by atoms with van der Waals surface area (Å²) in [4.78, 5) is 26.4. The largest absolute Gasteiger partial charge is 0.468 e. The van der Waals surface area contributed by atoms with Gasteiger partial charge in [-0.1, -0.05) is 11.3 Å². The molecule has 1 fully saturated rings. The molecular formula is C11H17N3O5S2. The number of aromatic amines is 1. The van der Waals surface area contributed by atoms with Gasteiger partial charge < -0.3 is 9.72 Å². The van der Waals surface area contributed by atoms with Crippen molar-refractivity contribution in [2.45, 2.75) is 11.1 Å². The van der Waals surface area contributed by atoms with Crippen LogP contribution >= 0.6 is 11.3 Å². The molecule has 0 atom stereocenters. The molecule has 0 saturated carbocycles. The fourth-order valence-electron chi connectivity index (χ4n) is 2.13. The molecule has 0 bridgehead atoms. The number of aromatic nitrogens is 1. The molecule has 118 valence electrons. The zero-order valence-corrected chi connectivity index (χ0v) is 13.4. The molecule has 0 spiro atoms. The molecule has 1 saturated heterocycles. The third kappa shape index (κ3) is 3.51. The van der Waals surface area contributed by atoms with Gasteiger partial charge in [0.15, 0.2) is 4.21 Å². The molecule has 0 radical (unpaired) electrons. The van der Waals surface area contributed by atoms with Crippen LogP contribution in [-0.4, -0.2) is 68.4 Å². The highest BCUT2D eigenvalue weighted by Crippen LogP contribution is 2.22. The minimum Gasteiger partial charge on any atom is -0.468 e. The molecule has 1 aromatic rings. The van der Waals surface area contributed by atoms with Crippen LogP contribution in [0.15, 0.2) is 9.00 Å². The maximum absolute atomic E-state index is 12.5. The first kappa shape index (κ1) is 16.1. The maximum atomic E-state index is 12.5. The van der Waals surface area contributed by atoms with Crippen LogP contribution in [0.3, 0.4) is 0 Å². The van der Waals surface area contributed by atoms with E-state index in [-0.39, 0.29) is 34.7 Å². The highest BCUT2D eigenvalue weighted by molar-refractivity contribution is 7.91. The summed E-state index contributed by atoms with van der Waals surface area (Å²) in [6, 6.07) is 0. The maximum Gasteiger partial charge on any atom is 0.319 e. The Bertz CT molecular complexity index is 670. The summed E-state index contributed by atoms with van der Waals surface area (Å²) in [7, 11) is -2.33. The van der Waals surface area contributed by atoms with Gasteiger partial charge in [0.05, 0.1) is 13.7 Å². The molecule has 0 aliphatic carbocycles. The zero-order valence-electron chi connectivity index (χ0n) is 11.8. The Morgan fingerprint density at radius 2 is 1.95 bits per heavy atom. The molecule has 10 heteroatoms. The van der Waals surface area contributed by atoms with Crippen LogP contribution in [-0.2, 0) is 19.6 Å². The fraction of sp³-hybridized carbons (Fsp3) is 0.636. The number of ether oxygens (including phenoxy) is 1. The van der Waals surface area contributed by atoms with Crippen LogP contribution in [0.25, 0.3) is 0 Å². The standard InChI is InChI=1S/C11H17N3O5S2/c1-8-10(20-11(16)12-8)21(17,18)14-5-3-13(4-6-14)7-9(15)19-2/h3-7H2,1-2H3,(H,12,16). The SMILES string of the molecule is COC(=O)CN1CCN(S(=O)(=O)c2sc(=O)[nH]c2C)CC1. The fourth-order valence-corrected chi connectivity index (χ4v) is 4.99. The molecule has 0 amide bonds. The first-order chi connectivity index (χ1) is 9.84. The Kier molecular flexibility index (Phi) is 4.81. The number of carbonyl (C=O) groups is 1. The summed E-state index contributed by atoms with van der Waals surface area (Å²) in [5.74, 6) is -0.342. The van der Waals surface area contributed by atoms with Gasteiger partial charge in [-0.25, -0.2) is 8.42 Å². The molecule has 8 nitrogen and oxygen atoms in total. The second kappa shape index (κ2) is 6.26. The van der Waals surface area contributed by atoms with Gasteiger partial charge in [0.1, 0.15) is 0 Å². The van der Waals surface area contributed by atoms with Crippen LogP contribution in [0.4, 0.5) is 0 Å². The minimum absolute atomic E-state index is 0.0638. The normalized spacial score (nSPS) is 17.8. The van der Waals surface area contributed by atoms with Gasteiger partial charge in [-0.2, -0.15) is 4.31 Å². The van der Waals surface area contributed by atoms with Gasteiger partial charge in [-0.15, -0.1) is 0 Å². The Morgan fingerprint density at radius 1 is 1.33 bits per heavy atom. The van der Waals surface area contributed by atoms with E-state index in [1.165, 1.54) is 11.4 Å². The molecular weight excluding hydrogens is 318 g/mol. The summed E-state index contributed by atoms with van der Waals surface area (Å²) < 4.78 is 30.9. The van der Waals surface area contributed by atoms with E-state index in [1.807, 2.05) is 4.90 Å². The lowest BCUT2D eigenvalue weighted by Crippen LogP contribution is -2.49. The predicted molar refractivity (Wildman–Crippen MR) is 76.9 cm³/mol. The number of thiazole rings is 1. The van der Waals surface area contributed by atoms with E-state index in [2.05, 4.69) is 9.72 Å². The van der Waals surface area contributed by atoms with Crippen molar-refractivity contribution >= 4 is 27.3 Å². The van der Waals surface area contributed by atoms with Crippen molar-refractivity contribution in [3.63, 3.8) is 0 Å². The van der Waals surface area contributed by atoms with E-state index in [0.717, 1.165) is 0 Å². The van der Waals surface area contributed by atoms with E-state index < -0.39 is 10.0 Å². The van der Waals surface area contributed by atoms with Gasteiger partial charge >= 0.3 is 10.8 Å². The number of methoxy groups -OCH3 is 1. The van der Waals surface area contributed by atoms with Crippen molar-refractivity contribution in [3.05, 3.63) is 15.4 Å². The Balaban J connectivity index is 2.06. The molecule has 1 aliphatic rings. The predicted octanol–water partition coefficient (Wildman–Crippen LogP) is -0.776. The van der Waals surface area contributed by atoms with E-state index in [9.17, 15) is 18.0 Å². The lowest BCUT2D eigenvalue weighted by atomic mass is 10.3. The average Bonchev–Trinajstić information content (AvgIpc) is 2.79. The van der Waals surface area contributed by atoms with Crippen LogP contribution in [0.1, 0.15) is 5.69 Å². The van der Waals surface area contributed by atoms with E-state index in [1.54, 1.807) is 6.92 Å². The van der Waals surface area contributed by atoms with E-state index >= 15 is 0 Å². The first-order valence-electron chi connectivity index (χ1n) is 6.33. The zero-order chi connectivity index (χ0) is 15.6. The van der Waals surface area contributed by atoms with Crippen LogP contribution in [0, 0.1) is 6.92 Å². The lowest BCUT2D eigenvalue weighted by Gasteiger charge is -2.32. The van der Waals surface area contributed by atoms with Crippen molar-refractivity contribution in [2.24, 2.45) is 0 Å². The van der Waals surface area contributed by atoms with Crippen molar-refractivity contribution in [3.8, 4) is 0 Å². The number of hydrogen-bond donors (Lipinski definition) is 1. The number of carbonyl (C=O) groups excluding carboxylic acids is 1. The molecule has 0 aromatic carbocycles. The highest BCUT2D eigenvalue weighted by Gasteiger charge is 2.31. The number of sulfonamides is 1. The van der Waals surface area contributed by atoms with Gasteiger partial charge in [-0.3, -0.25) is 14.5 Å². The average molecular weight is 335 g/mol. The van der Waals surface area contributed by atoms with Crippen LogP contribution in [0.2, 0.25) is 0 Å². The monoisotopic (exact) mass is 335 g/mol. The Morgan fingerprint density at radius 3 is 2.43 bits per heavy atom. The summed E-state index contributed by atoms with van der Waals surface area (Å²) in [5.41, 5.74) is 0.363. The smallest absolute Gasteiger partial charge is 0.319 e. The lowest BCUT2D eigenvalue weighted by molar-refractivity contribution is -0.142. The van der Waals surface area contributed by atoms with Crippen LogP contribution in [0.5, 0.6) is 0 Å².